The van der Waals surface area contributed by atoms with Gasteiger partial charge in [0, 0.05) is 8.80 Å². The fourth-order valence-electron chi connectivity index (χ4n) is 3.05. The van der Waals surface area contributed by atoms with E-state index < -0.39 is 25.1 Å². The molecule has 0 bridgehead atoms. The van der Waals surface area contributed by atoms with Gasteiger partial charge in [-0.1, -0.05) is 88.3 Å². The number of rotatable bonds is 8. The fourth-order valence-corrected chi connectivity index (χ4v) is 13.9. The largest absolute Gasteiger partial charge is 0.337 e. The van der Waals surface area contributed by atoms with Gasteiger partial charge in [-0.25, -0.2) is 0 Å². The second-order valence-electron chi connectivity index (χ2n) is 8.69. The zero-order valence-electron chi connectivity index (χ0n) is 15.7. The summed E-state index contributed by atoms with van der Waals surface area (Å²) >= 11 is 0. The molecule has 0 aliphatic carbocycles. The van der Waals surface area contributed by atoms with Crippen molar-refractivity contribution >= 4 is 31.2 Å². The molecule has 0 amide bonds. The van der Waals surface area contributed by atoms with Gasteiger partial charge in [-0.15, -0.1) is 0 Å². The quantitative estimate of drug-likeness (QED) is 0.656. The second-order valence-corrected chi connectivity index (χ2v) is 21.8. The van der Waals surface area contributed by atoms with Gasteiger partial charge in [0.1, 0.15) is 8.24 Å². The van der Waals surface area contributed by atoms with Crippen LogP contribution in [-0.4, -0.2) is 30.8 Å². The molecule has 0 saturated heterocycles. The molecular weight excluding hydrogens is 314 g/mol. The SMILES string of the molecule is C=Cc1cccc(C[Si](C)(C)C(C[SiH](C)C)N[Si](C)(C)C)c1. The maximum atomic E-state index is 4.09. The Morgan fingerprint density at radius 3 is 2.32 bits per heavy atom. The van der Waals surface area contributed by atoms with E-state index >= 15 is 0 Å². The molecule has 0 fully saturated rings. The Morgan fingerprint density at radius 1 is 1.18 bits per heavy atom. The molecule has 0 aliphatic heterocycles. The third-order valence-corrected chi connectivity index (χ3v) is 11.1. The van der Waals surface area contributed by atoms with Crippen molar-refractivity contribution in [1.29, 1.82) is 0 Å². The molecule has 0 aliphatic rings. The van der Waals surface area contributed by atoms with Gasteiger partial charge in [-0.3, -0.25) is 0 Å². The van der Waals surface area contributed by atoms with Gasteiger partial charge >= 0.3 is 0 Å². The lowest BCUT2D eigenvalue weighted by atomic mass is 10.1. The molecule has 1 N–H and O–H groups in total. The van der Waals surface area contributed by atoms with Crippen molar-refractivity contribution < 1.29 is 0 Å². The van der Waals surface area contributed by atoms with Crippen molar-refractivity contribution in [3.63, 3.8) is 0 Å². The summed E-state index contributed by atoms with van der Waals surface area (Å²) < 4.78 is 0. The van der Waals surface area contributed by atoms with Crippen LogP contribution in [0, 0.1) is 0 Å². The molecule has 22 heavy (non-hydrogen) atoms. The van der Waals surface area contributed by atoms with Gasteiger partial charge in [0.05, 0.1) is 8.07 Å². The third kappa shape index (κ3) is 6.77. The van der Waals surface area contributed by atoms with Gasteiger partial charge in [-0.05, 0) is 23.3 Å². The molecule has 1 aromatic carbocycles. The molecule has 1 rings (SSSR count). The number of hydrogen-bond acceptors (Lipinski definition) is 1. The summed E-state index contributed by atoms with van der Waals surface area (Å²) in [6, 6.07) is 11.6. The molecule has 0 spiro atoms. The van der Waals surface area contributed by atoms with Crippen LogP contribution >= 0.6 is 0 Å². The standard InChI is InChI=1S/C18H35NSi3/c1-9-16-11-10-12-17(13-16)15-22(7,8)18(14-20(2)3)19-21(4,5)6/h9-13,18-20H,1,14-15H2,2-8H3. The number of nitrogens with one attached hydrogen (secondary N) is 1. The first-order chi connectivity index (χ1) is 10.0. The zero-order chi connectivity index (χ0) is 17.0. The Balaban J connectivity index is 2.96. The summed E-state index contributed by atoms with van der Waals surface area (Å²) in [5, 5.41) is 0. The second kappa shape index (κ2) is 7.90. The molecule has 1 atom stereocenters. The first-order valence-corrected chi connectivity index (χ1v) is 18.4. The van der Waals surface area contributed by atoms with Crippen molar-refractivity contribution in [2.24, 2.45) is 0 Å². The molecule has 1 unspecified atom stereocenters. The lowest BCUT2D eigenvalue weighted by Gasteiger charge is -2.39. The maximum absolute atomic E-state index is 4.09. The van der Waals surface area contributed by atoms with E-state index in [0.717, 1.165) is 5.67 Å². The first-order valence-electron chi connectivity index (χ1n) is 8.52. The summed E-state index contributed by atoms with van der Waals surface area (Å²) in [5.41, 5.74) is 3.50. The topological polar surface area (TPSA) is 12.0 Å². The zero-order valence-corrected chi connectivity index (χ0v) is 18.8. The Kier molecular flexibility index (Phi) is 7.05. The Labute approximate surface area is 141 Å². The van der Waals surface area contributed by atoms with Crippen LogP contribution in [0.15, 0.2) is 30.8 Å². The van der Waals surface area contributed by atoms with Gasteiger partial charge in [-0.2, -0.15) is 0 Å². The van der Waals surface area contributed by atoms with Gasteiger partial charge < -0.3 is 4.98 Å². The normalized spacial score (nSPS) is 14.2. The lowest BCUT2D eigenvalue weighted by molar-refractivity contribution is 0.825. The monoisotopic (exact) mass is 349 g/mol. The van der Waals surface area contributed by atoms with Crippen LogP contribution in [0.5, 0.6) is 0 Å². The van der Waals surface area contributed by atoms with E-state index in [1.54, 1.807) is 0 Å². The predicted molar refractivity (Wildman–Crippen MR) is 112 cm³/mol. The summed E-state index contributed by atoms with van der Waals surface area (Å²) in [6.45, 7) is 21.3. The smallest absolute Gasteiger partial charge is 0.116 e. The lowest BCUT2D eigenvalue weighted by Crippen LogP contribution is -2.60. The predicted octanol–water partition coefficient (Wildman–Crippen LogP) is 4.94. The Morgan fingerprint density at radius 2 is 1.82 bits per heavy atom. The molecule has 0 heterocycles. The Hall–Kier alpha value is -0.429. The summed E-state index contributed by atoms with van der Waals surface area (Å²) in [5.74, 6) is 0. The van der Waals surface area contributed by atoms with Crippen LogP contribution < -0.4 is 4.98 Å². The van der Waals surface area contributed by atoms with Crippen LogP contribution in [-0.2, 0) is 6.04 Å². The number of benzene rings is 1. The molecule has 0 radical (unpaired) electrons. The molecule has 4 heteroatoms. The van der Waals surface area contributed by atoms with Gasteiger partial charge in [0.2, 0.25) is 0 Å². The van der Waals surface area contributed by atoms with Crippen LogP contribution in [0.1, 0.15) is 11.1 Å². The molecule has 0 aromatic heterocycles. The van der Waals surface area contributed by atoms with Crippen molar-refractivity contribution in [2.75, 3.05) is 0 Å². The van der Waals surface area contributed by atoms with Crippen molar-refractivity contribution in [1.82, 2.24) is 4.98 Å². The summed E-state index contributed by atoms with van der Waals surface area (Å²) in [7, 11) is -3.16. The summed E-state index contributed by atoms with van der Waals surface area (Å²) in [6.07, 6.45) is 1.96. The minimum atomic E-state index is -1.36. The molecular formula is C18H35NSi3. The number of hydrogen-bond donors (Lipinski definition) is 1. The highest BCUT2D eigenvalue weighted by Gasteiger charge is 2.35. The van der Waals surface area contributed by atoms with E-state index in [2.05, 4.69) is 81.7 Å². The fraction of sp³-hybridized carbons (Fsp3) is 0.556. The average molecular weight is 350 g/mol. The van der Waals surface area contributed by atoms with Crippen LogP contribution in [0.25, 0.3) is 6.08 Å². The van der Waals surface area contributed by atoms with Crippen LogP contribution in [0.3, 0.4) is 0 Å². The van der Waals surface area contributed by atoms with E-state index in [1.807, 2.05) is 6.08 Å². The van der Waals surface area contributed by atoms with E-state index in [-0.39, 0.29) is 0 Å². The average Bonchev–Trinajstić information content (AvgIpc) is 2.35. The minimum absolute atomic E-state index is 0.563. The van der Waals surface area contributed by atoms with Crippen molar-refractivity contribution in [3.05, 3.63) is 42.0 Å². The van der Waals surface area contributed by atoms with Gasteiger partial charge in [0.25, 0.3) is 0 Å². The molecule has 1 nitrogen and oxygen atoms in total. The van der Waals surface area contributed by atoms with E-state index in [4.69, 9.17) is 0 Å². The molecule has 1 aromatic rings. The Bertz CT molecular complexity index is 489. The highest BCUT2D eigenvalue weighted by molar-refractivity contribution is 6.82. The van der Waals surface area contributed by atoms with E-state index in [1.165, 1.54) is 23.2 Å². The minimum Gasteiger partial charge on any atom is -0.337 e. The van der Waals surface area contributed by atoms with Crippen molar-refractivity contribution in [2.45, 2.75) is 63.6 Å². The molecule has 0 saturated carbocycles. The van der Waals surface area contributed by atoms with E-state index in [0.29, 0.717) is 0 Å². The molecule has 124 valence electrons. The van der Waals surface area contributed by atoms with E-state index in [9.17, 15) is 0 Å². The summed E-state index contributed by atoms with van der Waals surface area (Å²) in [4.78, 5) is 4.09. The highest BCUT2D eigenvalue weighted by Crippen LogP contribution is 2.22. The van der Waals surface area contributed by atoms with Crippen LogP contribution in [0.2, 0.25) is 51.9 Å². The van der Waals surface area contributed by atoms with Crippen molar-refractivity contribution in [3.8, 4) is 0 Å². The highest BCUT2D eigenvalue weighted by atomic mass is 28.3. The third-order valence-electron chi connectivity index (χ3n) is 4.10. The first kappa shape index (κ1) is 19.6. The maximum Gasteiger partial charge on any atom is 0.116 e. The van der Waals surface area contributed by atoms with Gasteiger partial charge in [0.15, 0.2) is 0 Å². The van der Waals surface area contributed by atoms with Crippen LogP contribution in [0.4, 0.5) is 0 Å².